The second-order valence-electron chi connectivity index (χ2n) is 8.10. The number of rotatable bonds is 5. The molecule has 2 aromatic heterocycles. The number of ether oxygens (including phenoxy) is 1. The van der Waals surface area contributed by atoms with Crippen molar-refractivity contribution < 1.29 is 4.74 Å². The van der Waals surface area contributed by atoms with Crippen LogP contribution in [0.15, 0.2) is 36.5 Å². The van der Waals surface area contributed by atoms with Gasteiger partial charge in [-0.2, -0.15) is 15.2 Å². The maximum atomic E-state index is 6.05. The molecule has 9 heteroatoms. The fraction of sp³-hybridized carbons (Fsp3) is 0.429. The predicted octanol–water partition coefficient (Wildman–Crippen LogP) is 4.41. The molecule has 5 rings (SSSR count). The van der Waals surface area contributed by atoms with Gasteiger partial charge in [-0.1, -0.05) is 29.3 Å². The number of fused-ring (bicyclic) bond motifs is 2. The molecule has 156 valence electrons. The number of hydrogen-bond acceptors (Lipinski definition) is 6. The van der Waals surface area contributed by atoms with Gasteiger partial charge < -0.3 is 9.64 Å². The Morgan fingerprint density at radius 2 is 1.93 bits per heavy atom. The summed E-state index contributed by atoms with van der Waals surface area (Å²) in [7, 11) is 1.85. The molecule has 2 aliphatic rings. The zero-order valence-corrected chi connectivity index (χ0v) is 18.1. The maximum absolute atomic E-state index is 6.05. The molecule has 3 aromatic rings. The van der Waals surface area contributed by atoms with Crippen molar-refractivity contribution in [3.8, 4) is 11.8 Å². The Morgan fingerprint density at radius 3 is 2.67 bits per heavy atom. The quantitative estimate of drug-likeness (QED) is 0.580. The molecule has 7 nitrogen and oxygen atoms in total. The average molecular weight is 445 g/mol. The average Bonchev–Trinajstić information content (AvgIpc) is 3.16. The lowest BCUT2D eigenvalue weighted by Crippen LogP contribution is -2.42. The second-order valence-corrected chi connectivity index (χ2v) is 8.92. The molecule has 0 radical (unpaired) electrons. The molecule has 0 amide bonds. The molecule has 2 unspecified atom stereocenters. The van der Waals surface area contributed by atoms with Gasteiger partial charge in [0.25, 0.3) is 0 Å². The molecular weight excluding hydrogens is 423 g/mol. The summed E-state index contributed by atoms with van der Waals surface area (Å²) in [6.45, 7) is 2.00. The third kappa shape index (κ3) is 3.96. The molecule has 0 spiro atoms. The van der Waals surface area contributed by atoms with Crippen LogP contribution in [-0.2, 0) is 13.5 Å². The molecule has 1 aromatic carbocycles. The van der Waals surface area contributed by atoms with Crippen LogP contribution in [0.25, 0.3) is 0 Å². The van der Waals surface area contributed by atoms with Crippen LogP contribution in [0, 0.1) is 17.8 Å². The van der Waals surface area contributed by atoms with Crippen molar-refractivity contribution in [2.45, 2.75) is 19.3 Å². The van der Waals surface area contributed by atoms with Gasteiger partial charge in [0.05, 0.1) is 11.9 Å². The van der Waals surface area contributed by atoms with Crippen LogP contribution in [-0.4, -0.2) is 38.1 Å². The zero-order valence-electron chi connectivity index (χ0n) is 16.6. The van der Waals surface area contributed by atoms with Crippen molar-refractivity contribution in [3.63, 3.8) is 0 Å². The number of hydrogen-bond donors (Lipinski definition) is 0. The largest absolute Gasteiger partial charge is 0.424 e. The first-order valence-corrected chi connectivity index (χ1v) is 10.9. The summed E-state index contributed by atoms with van der Waals surface area (Å²) in [6, 6.07) is 9.67. The van der Waals surface area contributed by atoms with E-state index in [2.05, 4.69) is 25.2 Å². The number of benzene rings is 1. The molecular formula is C21H22Cl2N6O. The number of piperidine rings is 1. The van der Waals surface area contributed by atoms with Gasteiger partial charge in [0.2, 0.25) is 0 Å². The van der Waals surface area contributed by atoms with E-state index in [1.807, 2.05) is 31.3 Å². The second kappa shape index (κ2) is 8.04. The van der Waals surface area contributed by atoms with Gasteiger partial charge in [-0.3, -0.25) is 0 Å². The van der Waals surface area contributed by atoms with Crippen LogP contribution < -0.4 is 9.64 Å². The number of anilines is 1. The van der Waals surface area contributed by atoms with Gasteiger partial charge in [-0.05, 0) is 48.8 Å². The highest BCUT2D eigenvalue weighted by atomic mass is 35.5. The minimum absolute atomic E-state index is 0.437. The van der Waals surface area contributed by atoms with E-state index >= 15 is 0 Å². The van der Waals surface area contributed by atoms with E-state index in [4.69, 9.17) is 27.9 Å². The summed E-state index contributed by atoms with van der Waals surface area (Å²) >= 11 is 12.1. The Hall–Kier alpha value is -2.38. The summed E-state index contributed by atoms with van der Waals surface area (Å²) in [4.78, 5) is 7.04. The normalized spacial score (nSPS) is 23.0. The Morgan fingerprint density at radius 1 is 1.13 bits per heavy atom. The summed E-state index contributed by atoms with van der Waals surface area (Å²) in [6.07, 6.45) is 5.13. The third-order valence-electron chi connectivity index (χ3n) is 6.19. The minimum atomic E-state index is 0.437. The lowest BCUT2D eigenvalue weighted by Gasteiger charge is -2.38. The highest BCUT2D eigenvalue weighted by Gasteiger charge is 2.42. The van der Waals surface area contributed by atoms with Gasteiger partial charge in [0.15, 0.2) is 11.0 Å². The molecule has 30 heavy (non-hydrogen) atoms. The Balaban J connectivity index is 1.28. The van der Waals surface area contributed by atoms with Gasteiger partial charge >= 0.3 is 6.01 Å². The van der Waals surface area contributed by atoms with Crippen LogP contribution in [0.4, 0.5) is 5.69 Å². The number of halogens is 2. The first kappa shape index (κ1) is 19.6. The van der Waals surface area contributed by atoms with E-state index in [1.54, 1.807) is 16.9 Å². The van der Waals surface area contributed by atoms with Crippen molar-refractivity contribution in [1.82, 2.24) is 25.0 Å². The first-order chi connectivity index (χ1) is 14.5. The Labute approximate surface area is 185 Å². The van der Waals surface area contributed by atoms with E-state index in [0.717, 1.165) is 31.0 Å². The standard InChI is InChI=1S/C21H22Cl2N6O/c1-28-21(30-17-4-2-3-15(22)7-17)25-20(27-28)9-18-13-5-6-14(18)12-29(11-13)16-8-19(23)26-24-10-16/h2-4,7-8,10,13-14,18H,5-6,9,11-12H2,1H3. The SMILES string of the molecule is Cn1nc(CC2C3CCC2CN(c2cnnc(Cl)c2)C3)nc1Oc1cccc(Cl)c1. The highest BCUT2D eigenvalue weighted by molar-refractivity contribution is 6.30. The van der Waals surface area contributed by atoms with Crippen molar-refractivity contribution >= 4 is 28.9 Å². The molecule has 2 fully saturated rings. The van der Waals surface area contributed by atoms with Crippen LogP contribution in [0.1, 0.15) is 18.7 Å². The van der Waals surface area contributed by atoms with Crippen LogP contribution >= 0.6 is 23.2 Å². The van der Waals surface area contributed by atoms with E-state index in [9.17, 15) is 0 Å². The Bertz CT molecular complexity index is 1040. The van der Waals surface area contributed by atoms with E-state index in [1.165, 1.54) is 12.8 Å². The van der Waals surface area contributed by atoms with E-state index in [-0.39, 0.29) is 0 Å². The summed E-state index contributed by atoms with van der Waals surface area (Å²) in [5.74, 6) is 3.28. The van der Waals surface area contributed by atoms with Crippen LogP contribution in [0.5, 0.6) is 11.8 Å². The van der Waals surface area contributed by atoms with Crippen LogP contribution in [0.3, 0.4) is 0 Å². The topological polar surface area (TPSA) is 69.0 Å². The van der Waals surface area contributed by atoms with E-state index in [0.29, 0.717) is 39.7 Å². The van der Waals surface area contributed by atoms with Gasteiger partial charge in [-0.25, -0.2) is 4.68 Å². The predicted molar refractivity (Wildman–Crippen MR) is 115 cm³/mol. The fourth-order valence-corrected chi connectivity index (χ4v) is 5.16. The first-order valence-electron chi connectivity index (χ1n) is 10.1. The molecule has 0 N–H and O–H groups in total. The molecule has 2 bridgehead atoms. The summed E-state index contributed by atoms with van der Waals surface area (Å²) < 4.78 is 7.58. The van der Waals surface area contributed by atoms with Crippen molar-refractivity contribution in [1.29, 1.82) is 0 Å². The Kier molecular flexibility index (Phi) is 5.25. The lowest BCUT2D eigenvalue weighted by molar-refractivity contribution is 0.265. The van der Waals surface area contributed by atoms with Gasteiger partial charge in [0.1, 0.15) is 5.75 Å². The van der Waals surface area contributed by atoms with Crippen molar-refractivity contribution in [2.24, 2.45) is 24.8 Å². The minimum Gasteiger partial charge on any atom is -0.424 e. The van der Waals surface area contributed by atoms with Crippen LogP contribution in [0.2, 0.25) is 10.2 Å². The fourth-order valence-electron chi connectivity index (χ4n) is 4.83. The van der Waals surface area contributed by atoms with Crippen molar-refractivity contribution in [3.05, 3.63) is 52.5 Å². The molecule has 3 heterocycles. The van der Waals surface area contributed by atoms with E-state index < -0.39 is 0 Å². The lowest BCUT2D eigenvalue weighted by atomic mass is 9.82. The monoisotopic (exact) mass is 444 g/mol. The molecule has 1 aliphatic carbocycles. The molecule has 1 aliphatic heterocycles. The number of aryl methyl sites for hydroxylation is 1. The molecule has 2 atom stereocenters. The summed E-state index contributed by atoms with van der Waals surface area (Å²) in [5, 5.41) is 13.5. The number of nitrogens with zero attached hydrogens (tertiary/aromatic N) is 6. The van der Waals surface area contributed by atoms with Gasteiger partial charge in [-0.15, -0.1) is 5.10 Å². The van der Waals surface area contributed by atoms with Gasteiger partial charge in [0, 0.05) is 37.6 Å². The highest BCUT2D eigenvalue weighted by Crippen LogP contribution is 2.44. The zero-order chi connectivity index (χ0) is 20.7. The third-order valence-corrected chi connectivity index (χ3v) is 6.61. The number of aromatic nitrogens is 5. The summed E-state index contributed by atoms with van der Waals surface area (Å²) in [5.41, 5.74) is 1.05. The maximum Gasteiger partial charge on any atom is 0.320 e. The molecule has 1 saturated carbocycles. The smallest absolute Gasteiger partial charge is 0.320 e. The van der Waals surface area contributed by atoms with Crippen molar-refractivity contribution in [2.75, 3.05) is 18.0 Å². The molecule has 1 saturated heterocycles.